The molecule has 2 nitrogen and oxygen atoms in total. The van der Waals surface area contributed by atoms with Gasteiger partial charge in [-0.05, 0) is 37.5 Å². The van der Waals surface area contributed by atoms with Crippen molar-refractivity contribution in [1.29, 1.82) is 0 Å². The summed E-state index contributed by atoms with van der Waals surface area (Å²) in [5.74, 6) is 1.68. The van der Waals surface area contributed by atoms with Crippen molar-refractivity contribution in [1.82, 2.24) is 0 Å². The summed E-state index contributed by atoms with van der Waals surface area (Å²) in [5.41, 5.74) is 1.14. The zero-order valence-electron chi connectivity index (χ0n) is 11.0. The molecule has 0 aliphatic carbocycles. The lowest BCUT2D eigenvalue weighted by Crippen LogP contribution is -2.01. The first-order valence-corrected chi connectivity index (χ1v) is 6.34. The van der Waals surface area contributed by atoms with Crippen molar-refractivity contribution in [2.24, 2.45) is 0 Å². The maximum atomic E-state index is 5.71. The highest BCUT2D eigenvalue weighted by Crippen LogP contribution is 2.29. The Morgan fingerprint density at radius 3 is 2.24 bits per heavy atom. The third kappa shape index (κ3) is 4.51. The van der Waals surface area contributed by atoms with Gasteiger partial charge in [-0.1, -0.05) is 32.1 Å². The maximum absolute atomic E-state index is 5.71. The highest BCUT2D eigenvalue weighted by atomic mass is 16.5. The molecular formula is C15H22O2. The minimum absolute atomic E-state index is 0.724. The SMILES string of the molecule is C/C=C/c1ccc(OCCC)c(OCCC)c1. The Balaban J connectivity index is 2.86. The molecule has 1 aromatic carbocycles. The number of hydrogen-bond acceptors (Lipinski definition) is 2. The van der Waals surface area contributed by atoms with Gasteiger partial charge in [0.1, 0.15) is 0 Å². The van der Waals surface area contributed by atoms with Crippen LogP contribution in [0.4, 0.5) is 0 Å². The lowest BCUT2D eigenvalue weighted by atomic mass is 10.2. The molecule has 0 spiro atoms. The third-order valence-electron chi connectivity index (χ3n) is 2.25. The van der Waals surface area contributed by atoms with Gasteiger partial charge in [-0.3, -0.25) is 0 Å². The second-order valence-electron chi connectivity index (χ2n) is 3.90. The average molecular weight is 234 g/mol. The van der Waals surface area contributed by atoms with Gasteiger partial charge < -0.3 is 9.47 Å². The molecule has 94 valence electrons. The lowest BCUT2D eigenvalue weighted by Gasteiger charge is -2.12. The van der Waals surface area contributed by atoms with E-state index in [2.05, 4.69) is 19.9 Å². The van der Waals surface area contributed by atoms with Crippen molar-refractivity contribution >= 4 is 6.08 Å². The molecule has 0 aliphatic rings. The van der Waals surface area contributed by atoms with E-state index in [1.165, 1.54) is 0 Å². The van der Waals surface area contributed by atoms with Gasteiger partial charge in [-0.15, -0.1) is 0 Å². The summed E-state index contributed by atoms with van der Waals surface area (Å²) >= 11 is 0. The standard InChI is InChI=1S/C15H22O2/c1-4-7-13-8-9-14(16-10-5-2)15(12-13)17-11-6-3/h4,7-9,12H,5-6,10-11H2,1-3H3/b7-4+. The topological polar surface area (TPSA) is 18.5 Å². The maximum Gasteiger partial charge on any atom is 0.161 e. The van der Waals surface area contributed by atoms with Crippen LogP contribution >= 0.6 is 0 Å². The molecule has 0 aromatic heterocycles. The van der Waals surface area contributed by atoms with Crippen molar-refractivity contribution in [3.05, 3.63) is 29.8 Å². The summed E-state index contributed by atoms with van der Waals surface area (Å²) in [6, 6.07) is 6.06. The summed E-state index contributed by atoms with van der Waals surface area (Å²) < 4.78 is 11.4. The zero-order chi connectivity index (χ0) is 12.5. The molecule has 0 atom stereocenters. The predicted molar refractivity (Wildman–Crippen MR) is 72.7 cm³/mol. The van der Waals surface area contributed by atoms with Gasteiger partial charge in [0.25, 0.3) is 0 Å². The summed E-state index contributed by atoms with van der Waals surface area (Å²) in [5, 5.41) is 0. The van der Waals surface area contributed by atoms with Crippen LogP contribution in [0.25, 0.3) is 6.08 Å². The smallest absolute Gasteiger partial charge is 0.161 e. The highest BCUT2D eigenvalue weighted by molar-refractivity contribution is 5.55. The minimum Gasteiger partial charge on any atom is -0.490 e. The van der Waals surface area contributed by atoms with Gasteiger partial charge >= 0.3 is 0 Å². The first-order chi connectivity index (χ1) is 8.31. The largest absolute Gasteiger partial charge is 0.490 e. The number of ether oxygens (including phenoxy) is 2. The van der Waals surface area contributed by atoms with Crippen molar-refractivity contribution in [2.75, 3.05) is 13.2 Å². The van der Waals surface area contributed by atoms with Crippen LogP contribution in [-0.2, 0) is 0 Å². The van der Waals surface area contributed by atoms with Crippen LogP contribution in [0.15, 0.2) is 24.3 Å². The molecule has 0 radical (unpaired) electrons. The van der Waals surface area contributed by atoms with E-state index >= 15 is 0 Å². The van der Waals surface area contributed by atoms with Gasteiger partial charge in [-0.25, -0.2) is 0 Å². The molecule has 0 amide bonds. The Morgan fingerprint density at radius 1 is 1.00 bits per heavy atom. The van der Waals surface area contributed by atoms with Crippen LogP contribution < -0.4 is 9.47 Å². The molecule has 2 heteroatoms. The van der Waals surface area contributed by atoms with Gasteiger partial charge in [0.2, 0.25) is 0 Å². The molecule has 0 N–H and O–H groups in total. The van der Waals surface area contributed by atoms with E-state index in [1.807, 2.05) is 31.2 Å². The molecule has 1 aromatic rings. The van der Waals surface area contributed by atoms with Crippen LogP contribution in [0.5, 0.6) is 11.5 Å². The molecule has 0 bridgehead atoms. The Hall–Kier alpha value is -1.44. The molecular weight excluding hydrogens is 212 g/mol. The Bertz CT molecular complexity index is 356. The molecule has 0 heterocycles. The summed E-state index contributed by atoms with van der Waals surface area (Å²) in [6.07, 6.45) is 6.08. The first-order valence-electron chi connectivity index (χ1n) is 6.34. The van der Waals surface area contributed by atoms with Crippen molar-refractivity contribution in [3.63, 3.8) is 0 Å². The molecule has 1 rings (SSSR count). The van der Waals surface area contributed by atoms with E-state index in [9.17, 15) is 0 Å². The normalized spacial score (nSPS) is 10.8. The van der Waals surface area contributed by atoms with Crippen LogP contribution in [0.2, 0.25) is 0 Å². The molecule has 0 saturated carbocycles. The minimum atomic E-state index is 0.724. The Morgan fingerprint density at radius 2 is 1.65 bits per heavy atom. The van der Waals surface area contributed by atoms with Crippen molar-refractivity contribution in [2.45, 2.75) is 33.6 Å². The quantitative estimate of drug-likeness (QED) is 0.700. The first kappa shape index (κ1) is 13.6. The highest BCUT2D eigenvalue weighted by Gasteiger charge is 2.05. The van der Waals surface area contributed by atoms with Crippen LogP contribution in [0.1, 0.15) is 39.2 Å². The number of allylic oxidation sites excluding steroid dienone is 1. The van der Waals surface area contributed by atoms with Crippen molar-refractivity contribution < 1.29 is 9.47 Å². The van der Waals surface area contributed by atoms with Gasteiger partial charge in [0.05, 0.1) is 13.2 Å². The summed E-state index contributed by atoms with van der Waals surface area (Å²) in [7, 11) is 0. The van der Waals surface area contributed by atoms with E-state index in [0.29, 0.717) is 0 Å². The number of rotatable bonds is 7. The summed E-state index contributed by atoms with van der Waals surface area (Å²) in [6.45, 7) is 7.66. The van der Waals surface area contributed by atoms with Gasteiger partial charge in [-0.2, -0.15) is 0 Å². The van der Waals surface area contributed by atoms with Crippen molar-refractivity contribution in [3.8, 4) is 11.5 Å². The summed E-state index contributed by atoms with van der Waals surface area (Å²) in [4.78, 5) is 0. The molecule has 0 saturated heterocycles. The Labute approximate surface area is 104 Å². The van der Waals surface area contributed by atoms with E-state index < -0.39 is 0 Å². The lowest BCUT2D eigenvalue weighted by molar-refractivity contribution is 0.268. The predicted octanol–water partition coefficient (Wildman–Crippen LogP) is 4.30. The molecule has 0 aliphatic heterocycles. The number of hydrogen-bond donors (Lipinski definition) is 0. The third-order valence-corrected chi connectivity index (χ3v) is 2.25. The fourth-order valence-electron chi connectivity index (χ4n) is 1.48. The number of benzene rings is 1. The fourth-order valence-corrected chi connectivity index (χ4v) is 1.48. The van der Waals surface area contributed by atoms with Crippen LogP contribution in [0, 0.1) is 0 Å². The average Bonchev–Trinajstić information content (AvgIpc) is 2.35. The van der Waals surface area contributed by atoms with E-state index in [-0.39, 0.29) is 0 Å². The van der Waals surface area contributed by atoms with E-state index in [0.717, 1.165) is 43.1 Å². The van der Waals surface area contributed by atoms with Gasteiger partial charge in [0.15, 0.2) is 11.5 Å². The van der Waals surface area contributed by atoms with E-state index in [4.69, 9.17) is 9.47 Å². The monoisotopic (exact) mass is 234 g/mol. The van der Waals surface area contributed by atoms with E-state index in [1.54, 1.807) is 0 Å². The van der Waals surface area contributed by atoms with Crippen LogP contribution in [0.3, 0.4) is 0 Å². The molecule has 17 heavy (non-hydrogen) atoms. The van der Waals surface area contributed by atoms with Gasteiger partial charge in [0, 0.05) is 0 Å². The second-order valence-corrected chi connectivity index (χ2v) is 3.90. The Kier molecular flexibility index (Phi) is 6.23. The molecule has 0 unspecified atom stereocenters. The van der Waals surface area contributed by atoms with Crippen LogP contribution in [-0.4, -0.2) is 13.2 Å². The fraction of sp³-hybridized carbons (Fsp3) is 0.467. The zero-order valence-corrected chi connectivity index (χ0v) is 11.0. The second kappa shape index (κ2) is 7.77. The molecule has 0 fully saturated rings.